The van der Waals surface area contributed by atoms with E-state index >= 15 is 0 Å². The molecular formula is C23H22N4O3. The molecule has 0 spiro atoms. The highest BCUT2D eigenvalue weighted by molar-refractivity contribution is 6.01. The average Bonchev–Trinajstić information content (AvgIpc) is 3.16. The van der Waals surface area contributed by atoms with Gasteiger partial charge in [0.25, 0.3) is 5.91 Å². The second kappa shape index (κ2) is 6.73. The maximum Gasteiger partial charge on any atom is 0.275 e. The van der Waals surface area contributed by atoms with Gasteiger partial charge in [0, 0.05) is 17.4 Å². The summed E-state index contributed by atoms with van der Waals surface area (Å²) < 4.78 is 5.23. The van der Waals surface area contributed by atoms with Gasteiger partial charge in [0.15, 0.2) is 5.54 Å². The zero-order chi connectivity index (χ0) is 20.9. The Bertz CT molecular complexity index is 1200. The fourth-order valence-electron chi connectivity index (χ4n) is 4.54. The summed E-state index contributed by atoms with van der Waals surface area (Å²) >= 11 is 0. The van der Waals surface area contributed by atoms with Gasteiger partial charge in [0.1, 0.15) is 12.3 Å². The molecule has 152 valence electrons. The first-order valence-corrected chi connectivity index (χ1v) is 9.93. The van der Waals surface area contributed by atoms with Gasteiger partial charge in [0.05, 0.1) is 19.0 Å². The zero-order valence-electron chi connectivity index (χ0n) is 16.9. The number of amides is 2. The van der Waals surface area contributed by atoms with Crippen molar-refractivity contribution in [1.29, 1.82) is 0 Å². The average molecular weight is 402 g/mol. The number of methoxy groups -OCH3 is 1. The van der Waals surface area contributed by atoms with Crippen LogP contribution in [-0.4, -0.2) is 53.1 Å². The molecule has 2 aliphatic rings. The van der Waals surface area contributed by atoms with Crippen LogP contribution in [0.25, 0.3) is 10.9 Å². The molecule has 5 rings (SSSR count). The third-order valence-corrected chi connectivity index (χ3v) is 6.10. The van der Waals surface area contributed by atoms with Crippen molar-refractivity contribution in [2.75, 3.05) is 20.2 Å². The zero-order valence-corrected chi connectivity index (χ0v) is 16.9. The van der Waals surface area contributed by atoms with E-state index in [9.17, 15) is 9.59 Å². The topological polar surface area (TPSA) is 78.0 Å². The minimum absolute atomic E-state index is 0.0650. The molecule has 0 bridgehead atoms. The van der Waals surface area contributed by atoms with Gasteiger partial charge in [-0.15, -0.1) is 0 Å². The summed E-state index contributed by atoms with van der Waals surface area (Å²) in [6, 6.07) is 15.4. The molecule has 30 heavy (non-hydrogen) atoms. The fourth-order valence-corrected chi connectivity index (χ4v) is 4.54. The second-order valence-corrected chi connectivity index (χ2v) is 7.78. The minimum Gasteiger partial charge on any atom is -0.497 e. The van der Waals surface area contributed by atoms with Gasteiger partial charge in [-0.3, -0.25) is 9.59 Å². The van der Waals surface area contributed by atoms with Gasteiger partial charge < -0.3 is 14.6 Å². The van der Waals surface area contributed by atoms with E-state index in [0.29, 0.717) is 12.3 Å². The molecule has 7 nitrogen and oxygen atoms in total. The van der Waals surface area contributed by atoms with E-state index in [1.807, 2.05) is 49.4 Å². The first-order chi connectivity index (χ1) is 14.5. The Morgan fingerprint density at radius 3 is 2.83 bits per heavy atom. The molecule has 1 aromatic heterocycles. The molecule has 1 atom stereocenters. The number of nitrogens with zero attached hydrogens (tertiary/aromatic N) is 3. The number of aromatic amines is 1. The van der Waals surface area contributed by atoms with Crippen LogP contribution in [-0.2, 0) is 21.5 Å². The third kappa shape index (κ3) is 2.62. The van der Waals surface area contributed by atoms with Crippen LogP contribution >= 0.6 is 0 Å². The highest BCUT2D eigenvalue weighted by Crippen LogP contribution is 2.41. The van der Waals surface area contributed by atoms with Crippen LogP contribution in [0.5, 0.6) is 5.75 Å². The Morgan fingerprint density at radius 2 is 2.00 bits per heavy atom. The van der Waals surface area contributed by atoms with Crippen molar-refractivity contribution < 1.29 is 14.3 Å². The lowest BCUT2D eigenvalue weighted by Gasteiger charge is -2.48. The number of fused-ring (bicyclic) bond motifs is 5. The Balaban J connectivity index is 1.54. The molecule has 2 amide bonds. The summed E-state index contributed by atoms with van der Waals surface area (Å²) in [5.41, 5.74) is 2.55. The number of rotatable bonds is 3. The number of aromatic nitrogens is 1. The number of H-pyrrole nitrogens is 1. The summed E-state index contributed by atoms with van der Waals surface area (Å²) in [4.78, 5) is 31.6. The molecule has 0 radical (unpaired) electrons. The Labute approximate surface area is 173 Å². The van der Waals surface area contributed by atoms with E-state index in [-0.39, 0.29) is 18.4 Å². The quantitative estimate of drug-likeness (QED) is 0.684. The number of ether oxygens (including phenoxy) is 1. The largest absolute Gasteiger partial charge is 0.497 e. The normalized spacial score (nSPS) is 21.3. The molecule has 2 aromatic carbocycles. The number of hydrogen-bond acceptors (Lipinski definition) is 4. The van der Waals surface area contributed by atoms with Gasteiger partial charge in [-0.25, -0.2) is 5.01 Å². The summed E-state index contributed by atoms with van der Waals surface area (Å²) in [7, 11) is 1.60. The van der Waals surface area contributed by atoms with Crippen molar-refractivity contribution in [3.05, 3.63) is 65.4 Å². The SMILES string of the molecule is COc1cccc(C=NN2CC(=O)N3CCc4c([nH]c5ccccc45)[C@]3(C)C2=O)c1. The van der Waals surface area contributed by atoms with Crippen LogP contribution in [0.3, 0.4) is 0 Å². The third-order valence-electron chi connectivity index (χ3n) is 6.10. The van der Waals surface area contributed by atoms with E-state index in [1.165, 1.54) is 5.01 Å². The van der Waals surface area contributed by atoms with Gasteiger partial charge >= 0.3 is 0 Å². The predicted octanol–water partition coefficient (Wildman–Crippen LogP) is 2.65. The van der Waals surface area contributed by atoms with E-state index < -0.39 is 5.54 Å². The van der Waals surface area contributed by atoms with Crippen LogP contribution < -0.4 is 4.74 Å². The number of piperazine rings is 1. The van der Waals surface area contributed by atoms with Crippen LogP contribution in [0.4, 0.5) is 0 Å². The molecule has 0 saturated carbocycles. The second-order valence-electron chi connectivity index (χ2n) is 7.78. The van der Waals surface area contributed by atoms with E-state index in [0.717, 1.165) is 34.1 Å². The number of nitrogens with one attached hydrogen (secondary N) is 1. The molecule has 3 aromatic rings. The number of hydrazone groups is 1. The molecule has 7 heteroatoms. The summed E-state index contributed by atoms with van der Waals surface area (Å²) in [6.07, 6.45) is 2.31. The van der Waals surface area contributed by atoms with Crippen molar-refractivity contribution in [2.45, 2.75) is 18.9 Å². The van der Waals surface area contributed by atoms with Crippen molar-refractivity contribution in [3.8, 4) is 5.75 Å². The maximum atomic E-state index is 13.6. The lowest BCUT2D eigenvalue weighted by Crippen LogP contribution is -2.65. The smallest absolute Gasteiger partial charge is 0.275 e. The maximum absolute atomic E-state index is 13.6. The number of hydrogen-bond donors (Lipinski definition) is 1. The van der Waals surface area contributed by atoms with Crippen molar-refractivity contribution >= 4 is 28.9 Å². The summed E-state index contributed by atoms with van der Waals surface area (Å²) in [5.74, 6) is 0.381. The van der Waals surface area contributed by atoms with E-state index in [4.69, 9.17) is 4.74 Å². The molecule has 0 aliphatic carbocycles. The molecule has 1 saturated heterocycles. The Morgan fingerprint density at radius 1 is 1.17 bits per heavy atom. The van der Waals surface area contributed by atoms with Crippen LogP contribution in [0.15, 0.2) is 53.6 Å². The first-order valence-electron chi connectivity index (χ1n) is 9.93. The fraction of sp³-hybridized carbons (Fsp3) is 0.261. The lowest BCUT2D eigenvalue weighted by molar-refractivity contribution is -0.165. The Hall–Kier alpha value is -3.61. The number of carbonyl (C=O) groups is 2. The van der Waals surface area contributed by atoms with Crippen LogP contribution in [0, 0.1) is 0 Å². The van der Waals surface area contributed by atoms with E-state index in [1.54, 1.807) is 18.2 Å². The number of carbonyl (C=O) groups excluding carboxylic acids is 2. The van der Waals surface area contributed by atoms with Crippen LogP contribution in [0.1, 0.15) is 23.7 Å². The highest BCUT2D eigenvalue weighted by atomic mass is 16.5. The summed E-state index contributed by atoms with van der Waals surface area (Å²) in [5, 5.41) is 6.74. The van der Waals surface area contributed by atoms with Crippen LogP contribution in [0.2, 0.25) is 0 Å². The van der Waals surface area contributed by atoms with Crippen molar-refractivity contribution in [2.24, 2.45) is 5.10 Å². The minimum atomic E-state index is -1.10. The predicted molar refractivity (Wildman–Crippen MR) is 113 cm³/mol. The first kappa shape index (κ1) is 18.4. The molecule has 1 fully saturated rings. The summed E-state index contributed by atoms with van der Waals surface area (Å²) in [6.45, 7) is 2.27. The number of para-hydroxylation sites is 1. The molecule has 1 N–H and O–H groups in total. The van der Waals surface area contributed by atoms with Gasteiger partial charge in [0.2, 0.25) is 5.91 Å². The molecule has 3 heterocycles. The molecular weight excluding hydrogens is 380 g/mol. The van der Waals surface area contributed by atoms with Gasteiger partial charge in [-0.05, 0) is 42.7 Å². The highest BCUT2D eigenvalue weighted by Gasteiger charge is 2.54. The van der Waals surface area contributed by atoms with Crippen molar-refractivity contribution in [3.63, 3.8) is 0 Å². The monoisotopic (exact) mass is 402 g/mol. The van der Waals surface area contributed by atoms with E-state index in [2.05, 4.69) is 16.2 Å². The molecule has 0 unspecified atom stereocenters. The van der Waals surface area contributed by atoms with Crippen molar-refractivity contribution in [1.82, 2.24) is 14.9 Å². The van der Waals surface area contributed by atoms with Gasteiger partial charge in [-0.1, -0.05) is 30.3 Å². The Kier molecular flexibility index (Phi) is 4.13. The number of benzene rings is 2. The van der Waals surface area contributed by atoms with Gasteiger partial charge in [-0.2, -0.15) is 5.10 Å². The standard InChI is InChI=1S/C23H22N4O3/c1-23-21-18(17-8-3-4-9-19(17)25-21)10-11-26(23)20(28)14-27(22(23)29)24-13-15-6-5-7-16(12-15)30-2/h3-9,12-13,25H,10-11,14H2,1-2H3/t23-/m1/s1. The molecule has 2 aliphatic heterocycles. The lowest BCUT2D eigenvalue weighted by atomic mass is 9.83.